The summed E-state index contributed by atoms with van der Waals surface area (Å²) >= 11 is 0. The minimum Gasteiger partial charge on any atom is -0.348 e. The predicted octanol–water partition coefficient (Wildman–Crippen LogP) is 3.06. The molecular weight excluding hydrogens is 468 g/mol. The van der Waals surface area contributed by atoms with Crippen LogP contribution in [-0.4, -0.2) is 40.1 Å². The second-order valence-corrected chi connectivity index (χ2v) is 9.37. The van der Waals surface area contributed by atoms with Gasteiger partial charge < -0.3 is 16.0 Å². The summed E-state index contributed by atoms with van der Waals surface area (Å²) in [6, 6.07) is 21.8. The Bertz CT molecular complexity index is 1190. The number of hydrogen-bond acceptors (Lipinski definition) is 5. The summed E-state index contributed by atoms with van der Waals surface area (Å²) < 4.78 is 1.49. The zero-order valence-corrected chi connectivity index (χ0v) is 21.4. The van der Waals surface area contributed by atoms with Crippen LogP contribution in [0.5, 0.6) is 0 Å². The summed E-state index contributed by atoms with van der Waals surface area (Å²) in [6.07, 6.45) is 0.720. The van der Waals surface area contributed by atoms with E-state index in [9.17, 15) is 14.4 Å². The van der Waals surface area contributed by atoms with Gasteiger partial charge in [-0.15, -0.1) is 0 Å². The first kappa shape index (κ1) is 26.1. The van der Waals surface area contributed by atoms with Crippen molar-refractivity contribution in [3.05, 3.63) is 83.6 Å². The van der Waals surface area contributed by atoms with Crippen molar-refractivity contribution in [2.45, 2.75) is 51.9 Å². The molecule has 1 aromatic heterocycles. The van der Waals surface area contributed by atoms with E-state index in [1.165, 1.54) is 4.68 Å². The van der Waals surface area contributed by atoms with Crippen molar-refractivity contribution < 1.29 is 14.4 Å². The van der Waals surface area contributed by atoms with Crippen LogP contribution in [0.2, 0.25) is 0 Å². The van der Waals surface area contributed by atoms with Gasteiger partial charge in [0, 0.05) is 24.6 Å². The van der Waals surface area contributed by atoms with Crippen LogP contribution in [0.25, 0.3) is 0 Å². The van der Waals surface area contributed by atoms with Crippen molar-refractivity contribution in [3.8, 4) is 0 Å². The Labute approximate surface area is 217 Å². The van der Waals surface area contributed by atoms with E-state index < -0.39 is 18.1 Å². The Kier molecular flexibility index (Phi) is 8.35. The zero-order valence-electron chi connectivity index (χ0n) is 21.4. The maximum atomic E-state index is 12.7. The molecule has 1 saturated heterocycles. The second kappa shape index (κ2) is 11.8. The van der Waals surface area contributed by atoms with Gasteiger partial charge in [0.25, 0.3) is 0 Å². The lowest BCUT2D eigenvalue weighted by molar-refractivity contribution is -0.136. The average Bonchev–Trinajstić information content (AvgIpc) is 3.27. The van der Waals surface area contributed by atoms with E-state index in [4.69, 9.17) is 0 Å². The van der Waals surface area contributed by atoms with Gasteiger partial charge in [-0.3, -0.25) is 19.7 Å². The van der Waals surface area contributed by atoms with Crippen LogP contribution in [-0.2, 0) is 14.4 Å². The summed E-state index contributed by atoms with van der Waals surface area (Å²) in [7, 11) is 0. The molecule has 4 rings (SSSR count). The Morgan fingerprint density at radius 1 is 1.03 bits per heavy atom. The number of carbonyl (C=O) groups is 3. The summed E-state index contributed by atoms with van der Waals surface area (Å²) in [6.45, 7) is 6.02. The molecule has 3 amide bonds. The molecule has 2 heterocycles. The Morgan fingerprint density at radius 2 is 1.65 bits per heavy atom. The standard InChI is InChI=1S/C28H34N6O3/c1-4-22-19(3)30-28(32-25(22)35)34-24(17-18(2)33-34)31-27(37)26(36)29-16-15-23(20-11-7-5-8-12-20)21-13-9-6-10-14-21/h5-14,17,19,22-23,28,30H,4,15-16H2,1-3H3,(H,29,36)(H,31,37)(H,32,35). The maximum absolute atomic E-state index is 12.7. The first-order valence-electron chi connectivity index (χ1n) is 12.7. The second-order valence-electron chi connectivity index (χ2n) is 9.37. The van der Waals surface area contributed by atoms with Gasteiger partial charge in [0.05, 0.1) is 11.6 Å². The molecular formula is C28H34N6O3. The van der Waals surface area contributed by atoms with Crippen LogP contribution in [0, 0.1) is 12.8 Å². The van der Waals surface area contributed by atoms with Gasteiger partial charge in [-0.25, -0.2) is 4.68 Å². The number of hydrogen-bond donors (Lipinski definition) is 4. The molecule has 0 radical (unpaired) electrons. The fraction of sp³-hybridized carbons (Fsp3) is 0.357. The fourth-order valence-corrected chi connectivity index (χ4v) is 4.83. The van der Waals surface area contributed by atoms with Gasteiger partial charge in [-0.2, -0.15) is 5.10 Å². The Morgan fingerprint density at radius 3 is 2.22 bits per heavy atom. The Hall–Kier alpha value is -3.98. The van der Waals surface area contributed by atoms with Crippen molar-refractivity contribution in [2.75, 3.05) is 11.9 Å². The number of aryl methyl sites for hydroxylation is 1. The van der Waals surface area contributed by atoms with E-state index in [1.807, 2.05) is 50.2 Å². The topological polar surface area (TPSA) is 117 Å². The number of carbonyl (C=O) groups excluding carboxylic acids is 3. The molecule has 37 heavy (non-hydrogen) atoms. The first-order chi connectivity index (χ1) is 17.9. The molecule has 9 heteroatoms. The number of nitrogens with one attached hydrogen (secondary N) is 4. The normalized spacial score (nSPS) is 19.4. The minimum absolute atomic E-state index is 0.0673. The van der Waals surface area contributed by atoms with Crippen LogP contribution in [0.3, 0.4) is 0 Å². The number of aromatic nitrogens is 2. The fourth-order valence-electron chi connectivity index (χ4n) is 4.83. The number of benzene rings is 2. The van der Waals surface area contributed by atoms with Crippen LogP contribution in [0.1, 0.15) is 55.7 Å². The van der Waals surface area contributed by atoms with Crippen LogP contribution < -0.4 is 21.3 Å². The monoisotopic (exact) mass is 502 g/mol. The van der Waals surface area contributed by atoms with Gasteiger partial charge >= 0.3 is 11.8 Å². The molecule has 0 bridgehead atoms. The molecule has 9 nitrogen and oxygen atoms in total. The van der Waals surface area contributed by atoms with E-state index in [0.29, 0.717) is 30.9 Å². The third-order valence-electron chi connectivity index (χ3n) is 6.75. The molecule has 0 spiro atoms. The highest BCUT2D eigenvalue weighted by Crippen LogP contribution is 2.27. The maximum Gasteiger partial charge on any atom is 0.314 e. The lowest BCUT2D eigenvalue weighted by Gasteiger charge is -2.35. The van der Waals surface area contributed by atoms with Crippen molar-refractivity contribution in [1.82, 2.24) is 25.7 Å². The predicted molar refractivity (Wildman–Crippen MR) is 142 cm³/mol. The number of anilines is 1. The lowest BCUT2D eigenvalue weighted by atomic mass is 9.88. The SMILES string of the molecule is CCC1C(=O)NC(n2nc(C)cc2NC(=O)C(=O)NCCC(c2ccccc2)c2ccccc2)NC1C. The number of nitrogens with zero attached hydrogens (tertiary/aromatic N) is 2. The van der Waals surface area contributed by atoms with Gasteiger partial charge in [-0.1, -0.05) is 67.6 Å². The largest absolute Gasteiger partial charge is 0.348 e. The molecule has 0 aliphatic carbocycles. The van der Waals surface area contributed by atoms with Gasteiger partial charge in [0.2, 0.25) is 5.91 Å². The molecule has 3 unspecified atom stereocenters. The molecule has 194 valence electrons. The molecule has 1 aliphatic heterocycles. The number of amides is 3. The van der Waals surface area contributed by atoms with Crippen molar-refractivity contribution in [2.24, 2.45) is 5.92 Å². The van der Waals surface area contributed by atoms with E-state index in [-0.39, 0.29) is 23.8 Å². The summed E-state index contributed by atoms with van der Waals surface area (Å²) in [5.41, 5.74) is 2.94. The molecule has 1 fully saturated rings. The third kappa shape index (κ3) is 6.24. The van der Waals surface area contributed by atoms with Crippen LogP contribution >= 0.6 is 0 Å². The quantitative estimate of drug-likeness (QED) is 0.353. The average molecular weight is 503 g/mol. The smallest absolute Gasteiger partial charge is 0.314 e. The lowest BCUT2D eigenvalue weighted by Crippen LogP contribution is -2.57. The highest BCUT2D eigenvalue weighted by atomic mass is 16.2. The van der Waals surface area contributed by atoms with Crippen molar-refractivity contribution >= 4 is 23.5 Å². The van der Waals surface area contributed by atoms with E-state index in [0.717, 1.165) is 11.1 Å². The van der Waals surface area contributed by atoms with E-state index in [2.05, 4.69) is 50.6 Å². The molecule has 3 aromatic rings. The summed E-state index contributed by atoms with van der Waals surface area (Å²) in [5.74, 6) is -1.33. The van der Waals surface area contributed by atoms with E-state index in [1.54, 1.807) is 13.0 Å². The highest BCUT2D eigenvalue weighted by Gasteiger charge is 2.34. The molecule has 3 atom stereocenters. The minimum atomic E-state index is -0.793. The number of rotatable bonds is 8. The molecule has 0 saturated carbocycles. The van der Waals surface area contributed by atoms with Crippen molar-refractivity contribution in [3.63, 3.8) is 0 Å². The molecule has 4 N–H and O–H groups in total. The van der Waals surface area contributed by atoms with Gasteiger partial charge in [0.15, 0.2) is 6.29 Å². The zero-order chi connectivity index (χ0) is 26.4. The van der Waals surface area contributed by atoms with Crippen LogP contribution in [0.15, 0.2) is 66.7 Å². The van der Waals surface area contributed by atoms with Crippen molar-refractivity contribution in [1.29, 1.82) is 0 Å². The van der Waals surface area contributed by atoms with E-state index >= 15 is 0 Å². The van der Waals surface area contributed by atoms with Gasteiger partial charge in [-0.05, 0) is 37.8 Å². The Balaban J connectivity index is 1.38. The van der Waals surface area contributed by atoms with Crippen LogP contribution in [0.4, 0.5) is 5.82 Å². The molecule has 2 aromatic carbocycles. The van der Waals surface area contributed by atoms with Gasteiger partial charge in [0.1, 0.15) is 5.82 Å². The molecule has 1 aliphatic rings. The highest BCUT2D eigenvalue weighted by molar-refractivity contribution is 6.39. The summed E-state index contributed by atoms with van der Waals surface area (Å²) in [4.78, 5) is 37.9. The first-order valence-corrected chi connectivity index (χ1v) is 12.7. The summed E-state index contributed by atoms with van der Waals surface area (Å²) in [5, 5.41) is 16.0. The third-order valence-corrected chi connectivity index (χ3v) is 6.75.